The number of hydrogen-bond donors (Lipinski definition) is 1. The Morgan fingerprint density at radius 2 is 1.91 bits per heavy atom. The van der Waals surface area contributed by atoms with E-state index in [-0.39, 0.29) is 0 Å². The van der Waals surface area contributed by atoms with Crippen molar-refractivity contribution in [3.8, 4) is 11.8 Å². The first-order valence-electron chi connectivity index (χ1n) is 12.4. The van der Waals surface area contributed by atoms with Crippen LogP contribution in [-0.4, -0.2) is 43.8 Å². The van der Waals surface area contributed by atoms with Gasteiger partial charge in [0.05, 0.1) is 23.9 Å². The monoisotopic (exact) mass is 462 g/mol. The number of aromatic nitrogens is 1. The predicted molar refractivity (Wildman–Crippen MR) is 137 cm³/mol. The van der Waals surface area contributed by atoms with E-state index in [0.717, 1.165) is 78.0 Å². The minimum Gasteiger partial charge on any atom is -0.493 e. The zero-order chi connectivity index (χ0) is 24.3. The van der Waals surface area contributed by atoms with Gasteiger partial charge in [-0.05, 0) is 95.9 Å². The molecule has 0 atom stereocenters. The van der Waals surface area contributed by atoms with Gasteiger partial charge in [0.1, 0.15) is 5.75 Å². The number of likely N-dealkylation sites (tertiary alicyclic amines) is 1. The Morgan fingerprint density at radius 3 is 2.62 bits per heavy atom. The number of aryl methyl sites for hydroxylation is 2. The van der Waals surface area contributed by atoms with Gasteiger partial charge >= 0.3 is 0 Å². The number of nitrogens with one attached hydrogen (secondary N) is 1. The summed E-state index contributed by atoms with van der Waals surface area (Å²) in [5.74, 6) is 1.60. The van der Waals surface area contributed by atoms with Gasteiger partial charge in [0.25, 0.3) is 0 Å². The first-order chi connectivity index (χ1) is 16.6. The SMILES string of the molecule is CCCOc1ccc2c(CCC3CCN(Cc4ccccc4C#N)CC3)noc2c1C.CNC. The highest BCUT2D eigenvalue weighted by atomic mass is 16.5. The second-order valence-electron chi connectivity index (χ2n) is 9.07. The summed E-state index contributed by atoms with van der Waals surface area (Å²) >= 11 is 0. The number of piperidine rings is 1. The summed E-state index contributed by atoms with van der Waals surface area (Å²) in [5.41, 5.74) is 4.88. The summed E-state index contributed by atoms with van der Waals surface area (Å²) < 4.78 is 11.5. The molecule has 182 valence electrons. The zero-order valence-corrected chi connectivity index (χ0v) is 21.1. The van der Waals surface area contributed by atoms with E-state index in [2.05, 4.69) is 40.5 Å². The molecule has 1 saturated heterocycles. The van der Waals surface area contributed by atoms with E-state index in [1.807, 2.05) is 45.3 Å². The van der Waals surface area contributed by atoms with E-state index >= 15 is 0 Å². The highest BCUT2D eigenvalue weighted by molar-refractivity contribution is 5.84. The molecule has 1 aliphatic rings. The van der Waals surface area contributed by atoms with Crippen LogP contribution in [0, 0.1) is 24.2 Å². The van der Waals surface area contributed by atoms with Gasteiger partial charge in [-0.2, -0.15) is 5.26 Å². The van der Waals surface area contributed by atoms with Crippen molar-refractivity contribution in [2.45, 2.75) is 52.5 Å². The molecule has 0 unspecified atom stereocenters. The van der Waals surface area contributed by atoms with Crippen LogP contribution in [0.4, 0.5) is 0 Å². The van der Waals surface area contributed by atoms with Crippen molar-refractivity contribution >= 4 is 11.0 Å². The Morgan fingerprint density at radius 1 is 1.18 bits per heavy atom. The third-order valence-corrected chi connectivity index (χ3v) is 6.40. The minimum absolute atomic E-state index is 0.711. The van der Waals surface area contributed by atoms with Gasteiger partial charge in [-0.25, -0.2) is 0 Å². The van der Waals surface area contributed by atoms with Crippen LogP contribution < -0.4 is 10.1 Å². The molecule has 1 aromatic heterocycles. The Kier molecular flexibility index (Phi) is 9.93. The summed E-state index contributed by atoms with van der Waals surface area (Å²) in [4.78, 5) is 2.47. The number of rotatable bonds is 8. The number of hydrogen-bond acceptors (Lipinski definition) is 6. The lowest BCUT2D eigenvalue weighted by Gasteiger charge is -2.32. The first kappa shape index (κ1) is 25.7. The molecule has 3 aromatic rings. The molecule has 0 spiro atoms. The van der Waals surface area contributed by atoms with Crippen LogP contribution >= 0.6 is 0 Å². The summed E-state index contributed by atoms with van der Waals surface area (Å²) in [6.07, 6.45) is 5.46. The Balaban J connectivity index is 0.00000103. The fourth-order valence-electron chi connectivity index (χ4n) is 4.50. The predicted octanol–water partition coefficient (Wildman–Crippen LogP) is 5.48. The van der Waals surface area contributed by atoms with Gasteiger partial charge in [0.15, 0.2) is 5.58 Å². The highest BCUT2D eigenvalue weighted by Crippen LogP contribution is 2.31. The molecular formula is C28H38N4O2. The van der Waals surface area contributed by atoms with Crippen molar-refractivity contribution in [3.05, 3.63) is 58.8 Å². The number of fused-ring (bicyclic) bond motifs is 1. The average Bonchev–Trinajstić information content (AvgIpc) is 3.28. The molecule has 1 aliphatic heterocycles. The van der Waals surface area contributed by atoms with Crippen molar-refractivity contribution in [1.82, 2.24) is 15.4 Å². The lowest BCUT2D eigenvalue weighted by Crippen LogP contribution is -2.33. The summed E-state index contributed by atoms with van der Waals surface area (Å²) in [7, 11) is 3.75. The van der Waals surface area contributed by atoms with Gasteiger partial charge < -0.3 is 14.6 Å². The number of nitrogens with zero attached hydrogens (tertiary/aromatic N) is 3. The van der Waals surface area contributed by atoms with Gasteiger partial charge in [-0.15, -0.1) is 0 Å². The Labute approximate surface area is 203 Å². The lowest BCUT2D eigenvalue weighted by molar-refractivity contribution is 0.172. The summed E-state index contributed by atoms with van der Waals surface area (Å²) in [5, 5.41) is 17.6. The van der Waals surface area contributed by atoms with Gasteiger partial charge in [0.2, 0.25) is 0 Å². The molecular weight excluding hydrogens is 424 g/mol. The van der Waals surface area contributed by atoms with Crippen LogP contribution in [0.15, 0.2) is 40.9 Å². The largest absolute Gasteiger partial charge is 0.493 e. The molecule has 6 nitrogen and oxygen atoms in total. The van der Waals surface area contributed by atoms with Crippen molar-refractivity contribution < 1.29 is 9.26 Å². The quantitative estimate of drug-likeness (QED) is 0.478. The third kappa shape index (κ3) is 6.59. The first-order valence-corrected chi connectivity index (χ1v) is 12.4. The Hall–Kier alpha value is -2.88. The van der Waals surface area contributed by atoms with Crippen molar-refractivity contribution in [3.63, 3.8) is 0 Å². The average molecular weight is 463 g/mol. The molecule has 0 saturated carbocycles. The molecule has 34 heavy (non-hydrogen) atoms. The lowest BCUT2D eigenvalue weighted by atomic mass is 9.90. The minimum atomic E-state index is 0.711. The topological polar surface area (TPSA) is 74.3 Å². The van der Waals surface area contributed by atoms with E-state index in [1.54, 1.807) is 0 Å². The van der Waals surface area contributed by atoms with Crippen molar-refractivity contribution in [1.29, 1.82) is 5.26 Å². The number of benzene rings is 2. The van der Waals surface area contributed by atoms with E-state index < -0.39 is 0 Å². The number of ether oxygens (including phenoxy) is 1. The van der Waals surface area contributed by atoms with Crippen LogP contribution in [0.3, 0.4) is 0 Å². The van der Waals surface area contributed by atoms with Gasteiger partial charge in [-0.3, -0.25) is 4.90 Å². The maximum Gasteiger partial charge on any atom is 0.173 e. The maximum absolute atomic E-state index is 9.31. The molecule has 0 amide bonds. The molecule has 0 aliphatic carbocycles. The fourth-order valence-corrected chi connectivity index (χ4v) is 4.50. The summed E-state index contributed by atoms with van der Waals surface area (Å²) in [6, 6.07) is 14.4. The molecule has 6 heteroatoms. The van der Waals surface area contributed by atoms with Crippen LogP contribution in [0.1, 0.15) is 55.0 Å². The van der Waals surface area contributed by atoms with Crippen molar-refractivity contribution in [2.24, 2.45) is 5.92 Å². The molecule has 1 N–H and O–H groups in total. The third-order valence-electron chi connectivity index (χ3n) is 6.40. The van der Waals surface area contributed by atoms with Crippen molar-refractivity contribution in [2.75, 3.05) is 33.8 Å². The van der Waals surface area contributed by atoms with Crippen LogP contribution in [0.25, 0.3) is 11.0 Å². The smallest absolute Gasteiger partial charge is 0.173 e. The molecule has 1 fully saturated rings. The second kappa shape index (κ2) is 13.1. The molecule has 2 aromatic carbocycles. The van der Waals surface area contributed by atoms with Crippen LogP contribution in [0.2, 0.25) is 0 Å². The second-order valence-corrected chi connectivity index (χ2v) is 9.07. The van der Waals surface area contributed by atoms with E-state index in [0.29, 0.717) is 12.5 Å². The van der Waals surface area contributed by atoms with E-state index in [1.165, 1.54) is 12.8 Å². The Bertz CT molecular complexity index is 1080. The zero-order valence-electron chi connectivity index (χ0n) is 21.1. The van der Waals surface area contributed by atoms with E-state index in [4.69, 9.17) is 9.26 Å². The summed E-state index contributed by atoms with van der Waals surface area (Å²) in [6.45, 7) is 7.90. The fraction of sp³-hybridized carbons (Fsp3) is 0.500. The highest BCUT2D eigenvalue weighted by Gasteiger charge is 2.21. The van der Waals surface area contributed by atoms with E-state index in [9.17, 15) is 5.26 Å². The molecule has 4 rings (SSSR count). The van der Waals surface area contributed by atoms with Crippen LogP contribution in [-0.2, 0) is 13.0 Å². The maximum atomic E-state index is 9.31. The molecule has 2 heterocycles. The number of nitriles is 1. The van der Waals surface area contributed by atoms with Crippen LogP contribution in [0.5, 0.6) is 5.75 Å². The molecule has 0 radical (unpaired) electrons. The van der Waals surface area contributed by atoms with Gasteiger partial charge in [0, 0.05) is 17.5 Å². The van der Waals surface area contributed by atoms with Gasteiger partial charge in [-0.1, -0.05) is 30.3 Å². The molecule has 0 bridgehead atoms. The normalized spacial score (nSPS) is 14.4. The standard InChI is InChI=1S/C26H31N3O2.C2H7N/c1-3-16-30-25-11-9-23-24(28-31-26(23)19(25)2)10-8-20-12-14-29(15-13-20)18-22-7-5-4-6-21(22)17-27;1-3-2/h4-7,9,11,20H,3,8,10,12-16,18H2,1-2H3;3H,1-2H3.